The number of halogens is 1. The van der Waals surface area contributed by atoms with E-state index >= 15 is 0 Å². The number of thiophene rings is 2. The standard InChI is InChI=1S/C15H13BrO2S2/c1-2-18-11-4-3-9(7-10(11)16)15(17)14-8-13-12(20-14)5-6-19-13/h3-8,15,17H,2H2,1H3. The van der Waals surface area contributed by atoms with E-state index in [1.165, 1.54) is 9.40 Å². The van der Waals surface area contributed by atoms with Gasteiger partial charge < -0.3 is 9.84 Å². The fraction of sp³-hybridized carbons (Fsp3) is 0.200. The van der Waals surface area contributed by atoms with Crippen LogP contribution in [0.4, 0.5) is 0 Å². The molecule has 0 radical (unpaired) electrons. The average molecular weight is 369 g/mol. The summed E-state index contributed by atoms with van der Waals surface area (Å²) in [6.07, 6.45) is -0.591. The lowest BCUT2D eigenvalue weighted by Gasteiger charge is -2.12. The van der Waals surface area contributed by atoms with Gasteiger partial charge in [0.15, 0.2) is 0 Å². The molecule has 0 aliphatic carbocycles. The van der Waals surface area contributed by atoms with Gasteiger partial charge in [0.05, 0.1) is 11.1 Å². The van der Waals surface area contributed by atoms with Crippen molar-refractivity contribution in [3.63, 3.8) is 0 Å². The van der Waals surface area contributed by atoms with Crippen LogP contribution < -0.4 is 4.74 Å². The van der Waals surface area contributed by atoms with E-state index in [9.17, 15) is 5.11 Å². The van der Waals surface area contributed by atoms with Crippen LogP contribution in [-0.2, 0) is 0 Å². The molecule has 5 heteroatoms. The summed E-state index contributed by atoms with van der Waals surface area (Å²) in [6, 6.07) is 9.88. The van der Waals surface area contributed by atoms with Crippen molar-refractivity contribution in [2.24, 2.45) is 0 Å². The predicted octanol–water partition coefficient (Wildman–Crippen LogP) is 5.21. The van der Waals surface area contributed by atoms with E-state index in [4.69, 9.17) is 4.74 Å². The summed E-state index contributed by atoms with van der Waals surface area (Å²) >= 11 is 6.83. The zero-order valence-electron chi connectivity index (χ0n) is 10.8. The van der Waals surface area contributed by atoms with Crippen molar-refractivity contribution in [3.8, 4) is 5.75 Å². The largest absolute Gasteiger partial charge is 0.493 e. The Kier molecular flexibility index (Phi) is 4.12. The van der Waals surface area contributed by atoms with Gasteiger partial charge in [0.1, 0.15) is 11.9 Å². The Bertz CT molecular complexity index is 704. The molecule has 104 valence electrons. The third kappa shape index (κ3) is 2.63. The van der Waals surface area contributed by atoms with Crippen molar-refractivity contribution >= 4 is 48.0 Å². The quantitative estimate of drug-likeness (QED) is 0.685. The number of ether oxygens (including phenoxy) is 1. The minimum Gasteiger partial charge on any atom is -0.493 e. The lowest BCUT2D eigenvalue weighted by molar-refractivity contribution is 0.224. The fourth-order valence-corrected chi connectivity index (χ4v) is 4.69. The molecule has 3 rings (SSSR count). The van der Waals surface area contributed by atoms with Gasteiger partial charge in [-0.25, -0.2) is 0 Å². The van der Waals surface area contributed by atoms with Gasteiger partial charge in [-0.3, -0.25) is 0 Å². The van der Waals surface area contributed by atoms with Crippen LogP contribution in [0.5, 0.6) is 5.75 Å². The second-order valence-electron chi connectivity index (χ2n) is 4.32. The van der Waals surface area contributed by atoms with E-state index in [1.807, 2.05) is 25.1 Å². The summed E-state index contributed by atoms with van der Waals surface area (Å²) in [7, 11) is 0. The number of rotatable bonds is 4. The van der Waals surface area contributed by atoms with Crippen molar-refractivity contribution in [1.29, 1.82) is 0 Å². The summed E-state index contributed by atoms with van der Waals surface area (Å²) in [5.74, 6) is 0.801. The second-order valence-corrected chi connectivity index (χ2v) is 7.24. The lowest BCUT2D eigenvalue weighted by Crippen LogP contribution is -1.98. The SMILES string of the molecule is CCOc1ccc(C(O)c2cc3sccc3s2)cc1Br. The summed E-state index contributed by atoms with van der Waals surface area (Å²) in [5.41, 5.74) is 0.870. The van der Waals surface area contributed by atoms with Gasteiger partial charge in [0.2, 0.25) is 0 Å². The topological polar surface area (TPSA) is 29.5 Å². The minimum absolute atomic E-state index is 0.591. The van der Waals surface area contributed by atoms with Gasteiger partial charge >= 0.3 is 0 Å². The smallest absolute Gasteiger partial charge is 0.133 e. The normalized spacial score (nSPS) is 12.8. The van der Waals surface area contributed by atoms with Gasteiger partial charge in [-0.2, -0.15) is 0 Å². The summed E-state index contributed by atoms with van der Waals surface area (Å²) in [4.78, 5) is 0.975. The molecule has 0 aliphatic heterocycles. The van der Waals surface area contributed by atoms with Gasteiger partial charge in [0.25, 0.3) is 0 Å². The third-order valence-electron chi connectivity index (χ3n) is 3.00. The molecule has 1 aromatic carbocycles. The van der Waals surface area contributed by atoms with Gasteiger partial charge in [0, 0.05) is 14.3 Å². The average Bonchev–Trinajstić information content (AvgIpc) is 3.01. The number of fused-ring (bicyclic) bond motifs is 1. The Morgan fingerprint density at radius 2 is 2.10 bits per heavy atom. The molecular weight excluding hydrogens is 356 g/mol. The zero-order chi connectivity index (χ0) is 14.1. The number of benzene rings is 1. The van der Waals surface area contributed by atoms with Crippen molar-refractivity contribution in [1.82, 2.24) is 0 Å². The van der Waals surface area contributed by atoms with Crippen LogP contribution in [-0.4, -0.2) is 11.7 Å². The van der Waals surface area contributed by atoms with Crippen molar-refractivity contribution in [3.05, 3.63) is 50.6 Å². The molecule has 0 bridgehead atoms. The highest BCUT2D eigenvalue weighted by Gasteiger charge is 2.15. The van der Waals surface area contributed by atoms with Crippen LogP contribution >= 0.6 is 38.6 Å². The molecule has 3 aromatic rings. The van der Waals surface area contributed by atoms with Gasteiger partial charge in [-0.05, 0) is 58.1 Å². The lowest BCUT2D eigenvalue weighted by atomic mass is 10.1. The third-order valence-corrected chi connectivity index (χ3v) is 5.76. The van der Waals surface area contributed by atoms with Crippen molar-refractivity contribution in [2.45, 2.75) is 13.0 Å². The molecule has 2 heterocycles. The maximum Gasteiger partial charge on any atom is 0.133 e. The predicted molar refractivity (Wildman–Crippen MR) is 89.1 cm³/mol. The second kappa shape index (κ2) is 5.85. The molecule has 1 unspecified atom stereocenters. The molecule has 0 spiro atoms. The van der Waals surface area contributed by atoms with E-state index in [0.29, 0.717) is 6.61 Å². The maximum absolute atomic E-state index is 10.5. The van der Waals surface area contributed by atoms with Gasteiger partial charge in [-0.15, -0.1) is 22.7 Å². The molecule has 0 amide bonds. The number of hydrogen-bond acceptors (Lipinski definition) is 4. The molecule has 0 aliphatic rings. The highest BCUT2D eigenvalue weighted by atomic mass is 79.9. The minimum atomic E-state index is -0.591. The summed E-state index contributed by atoms with van der Waals surface area (Å²) < 4.78 is 8.82. The first-order valence-corrected chi connectivity index (χ1v) is 8.75. The van der Waals surface area contributed by atoms with Crippen LogP contribution in [0.15, 0.2) is 40.2 Å². The van der Waals surface area contributed by atoms with Crippen molar-refractivity contribution in [2.75, 3.05) is 6.61 Å². The molecule has 0 saturated carbocycles. The van der Waals surface area contributed by atoms with Crippen molar-refractivity contribution < 1.29 is 9.84 Å². The monoisotopic (exact) mass is 368 g/mol. The number of aliphatic hydroxyl groups is 1. The first-order chi connectivity index (χ1) is 9.69. The first kappa shape index (κ1) is 14.1. The molecule has 2 aromatic heterocycles. The molecule has 20 heavy (non-hydrogen) atoms. The Labute approximate surface area is 133 Å². The molecular formula is C15H13BrO2S2. The Morgan fingerprint density at radius 1 is 1.25 bits per heavy atom. The van der Waals surface area contributed by atoms with E-state index < -0.39 is 6.10 Å². The van der Waals surface area contributed by atoms with Crippen LogP contribution in [0, 0.1) is 0 Å². The Hall–Kier alpha value is -0.880. The summed E-state index contributed by atoms with van der Waals surface area (Å²) in [5, 5.41) is 12.6. The van der Waals surface area contributed by atoms with E-state index in [-0.39, 0.29) is 0 Å². The summed E-state index contributed by atoms with van der Waals surface area (Å²) in [6.45, 7) is 2.58. The van der Waals surface area contributed by atoms with E-state index in [0.717, 1.165) is 20.7 Å². The van der Waals surface area contributed by atoms with Crippen LogP contribution in [0.2, 0.25) is 0 Å². The number of hydrogen-bond donors (Lipinski definition) is 1. The first-order valence-electron chi connectivity index (χ1n) is 6.26. The van der Waals surface area contributed by atoms with Crippen LogP contribution in [0.3, 0.4) is 0 Å². The highest BCUT2D eigenvalue weighted by molar-refractivity contribution is 9.10. The molecule has 0 saturated heterocycles. The Balaban J connectivity index is 1.91. The highest BCUT2D eigenvalue weighted by Crippen LogP contribution is 2.37. The molecule has 1 N–H and O–H groups in total. The Morgan fingerprint density at radius 3 is 2.80 bits per heavy atom. The van der Waals surface area contributed by atoms with E-state index in [2.05, 4.69) is 33.4 Å². The molecule has 2 nitrogen and oxygen atoms in total. The van der Waals surface area contributed by atoms with Crippen LogP contribution in [0.25, 0.3) is 9.40 Å². The number of aliphatic hydroxyl groups excluding tert-OH is 1. The molecule has 1 atom stereocenters. The fourth-order valence-electron chi connectivity index (χ4n) is 2.04. The molecule has 0 fully saturated rings. The van der Waals surface area contributed by atoms with E-state index in [1.54, 1.807) is 22.7 Å². The van der Waals surface area contributed by atoms with Gasteiger partial charge in [-0.1, -0.05) is 6.07 Å². The zero-order valence-corrected chi connectivity index (χ0v) is 14.0. The van der Waals surface area contributed by atoms with Crippen LogP contribution in [0.1, 0.15) is 23.5 Å². The maximum atomic E-state index is 10.5.